The number of rotatable bonds is 35. The average molecular weight is 1240 g/mol. The molecule has 0 fully saturated rings. The van der Waals surface area contributed by atoms with Crippen molar-refractivity contribution in [1.29, 1.82) is 0 Å². The number of hydrogen-bond acceptors (Lipinski definition) is 15. The van der Waals surface area contributed by atoms with Gasteiger partial charge in [-0.05, 0) is 68.0 Å². The van der Waals surface area contributed by atoms with Crippen molar-refractivity contribution in [2.45, 2.75) is 139 Å². The second-order valence-corrected chi connectivity index (χ2v) is 21.5. The fourth-order valence-corrected chi connectivity index (χ4v) is 9.69. The predicted molar refractivity (Wildman–Crippen MR) is 327 cm³/mol. The first-order valence-electron chi connectivity index (χ1n) is 28.5. The SMILES string of the molecule is CC(=O)N[C@@H](CC(N)=O)C(=O)N[C@@H](Cc1ccccc1)C(=O)N[C@@H](Cc1ccccc1)C(=O)N[C@H](Cc1c[nH]c2ccccc12)C(=O)N[C@@H](CCCCN)C(=O)N[C@H](C(=O)N[C@@H](Cc1ccccc1)C(=O)N[C@H](C(=O)N[C@@H](CS)C(=O)O)[C@@H](C)O)[C@@H](C)O. The Morgan fingerprint density at radius 2 is 0.852 bits per heavy atom. The van der Waals surface area contributed by atoms with Crippen LogP contribution in [-0.2, 0) is 78.4 Å². The molecule has 0 aliphatic carbocycles. The molecule has 17 N–H and O–H groups in total. The molecule has 5 rings (SSSR count). The highest BCUT2D eigenvalue weighted by Crippen LogP contribution is 2.20. The summed E-state index contributed by atoms with van der Waals surface area (Å²) in [6, 6.07) is 18.7. The van der Waals surface area contributed by atoms with Crippen molar-refractivity contribution in [3.63, 3.8) is 0 Å². The van der Waals surface area contributed by atoms with E-state index in [2.05, 4.69) is 65.5 Å². The Labute approximate surface area is 513 Å². The van der Waals surface area contributed by atoms with E-state index >= 15 is 0 Å². The van der Waals surface area contributed by atoms with Crippen LogP contribution in [0.15, 0.2) is 121 Å². The van der Waals surface area contributed by atoms with Gasteiger partial charge in [-0.1, -0.05) is 109 Å². The maximum Gasteiger partial charge on any atom is 0.327 e. The van der Waals surface area contributed by atoms with Gasteiger partial charge in [-0.3, -0.25) is 47.9 Å². The number of nitrogens with one attached hydrogen (secondary N) is 10. The standard InChI is InChI=1S/C61H78N12O14S/c1-34(74)51(59(84)70-46(29-39-21-11-6-12-22-39)58(83)73-52(35(2)75)60(85)71-49(33-88)61(86)87)72-53(78)43(25-15-16-26-62)66-56(81)47(30-40-32-64-42-24-14-13-23-41(40)42)69-55(80)45(28-38-19-9-5-10-20-38)67-54(79)44(27-37-17-7-4-8-18-37)68-57(82)48(31-50(63)77)65-36(3)76/h4-14,17-24,32,34-35,43-49,51-52,64,74-75,88H,15-16,25-31,33,62H2,1-3H3,(H2,63,77)(H,65,76)(H,66,81)(H,67,79)(H,68,82)(H,69,80)(H,70,84)(H,71,85)(H,72,78)(H,73,83)(H,86,87)/t34-,35-,43+,44+,45+,46+,47-,48+,49+,51+,52+/m1/s1. The van der Waals surface area contributed by atoms with Gasteiger partial charge in [0, 0.05) is 55.5 Å². The highest BCUT2D eigenvalue weighted by molar-refractivity contribution is 7.80. The molecular weight excluding hydrogens is 1160 g/mol. The lowest BCUT2D eigenvalue weighted by Gasteiger charge is -2.29. The number of carboxylic acid groups (broad SMARTS) is 1. The van der Waals surface area contributed by atoms with Crippen molar-refractivity contribution in [3.8, 4) is 0 Å². The van der Waals surface area contributed by atoms with E-state index in [0.717, 1.165) is 6.92 Å². The van der Waals surface area contributed by atoms with Crippen LogP contribution < -0.4 is 59.3 Å². The molecule has 5 aromatic rings. The number of aliphatic carboxylic acids is 1. The lowest BCUT2D eigenvalue weighted by molar-refractivity contribution is -0.142. The Balaban J connectivity index is 1.46. The average Bonchev–Trinajstić information content (AvgIpc) is 2.62. The van der Waals surface area contributed by atoms with Crippen LogP contribution in [0.25, 0.3) is 10.9 Å². The number of aliphatic hydroxyl groups is 2. The van der Waals surface area contributed by atoms with Crippen LogP contribution in [-0.4, -0.2) is 164 Å². The summed E-state index contributed by atoms with van der Waals surface area (Å²) in [5.74, 6) is -11.0. The van der Waals surface area contributed by atoms with Gasteiger partial charge in [-0.2, -0.15) is 12.6 Å². The van der Waals surface area contributed by atoms with Gasteiger partial charge in [0.25, 0.3) is 0 Å². The minimum Gasteiger partial charge on any atom is -0.480 e. The van der Waals surface area contributed by atoms with Crippen molar-refractivity contribution >= 4 is 88.6 Å². The highest BCUT2D eigenvalue weighted by atomic mass is 32.1. The fraction of sp³-hybridized carbons (Fsp3) is 0.393. The fourth-order valence-electron chi connectivity index (χ4n) is 9.44. The Kier molecular flexibility index (Phi) is 27.5. The number of aromatic amines is 1. The van der Waals surface area contributed by atoms with E-state index in [4.69, 9.17) is 11.5 Å². The second-order valence-electron chi connectivity index (χ2n) is 21.2. The number of H-pyrrole nitrogens is 1. The van der Waals surface area contributed by atoms with Crippen molar-refractivity contribution in [2.24, 2.45) is 11.5 Å². The first kappa shape index (κ1) is 69.6. The minimum atomic E-state index is -1.81. The number of carbonyl (C=O) groups excluding carboxylic acids is 10. The summed E-state index contributed by atoms with van der Waals surface area (Å²) in [6.45, 7) is 3.68. The molecule has 27 heteroatoms. The number of primary amides is 1. The van der Waals surface area contributed by atoms with E-state index in [-0.39, 0.29) is 50.8 Å². The number of fused-ring (bicyclic) bond motifs is 1. The van der Waals surface area contributed by atoms with Gasteiger partial charge in [0.05, 0.1) is 18.6 Å². The molecule has 0 aliphatic rings. The van der Waals surface area contributed by atoms with Crippen LogP contribution in [0.1, 0.15) is 68.7 Å². The molecule has 0 saturated heterocycles. The van der Waals surface area contributed by atoms with E-state index in [0.29, 0.717) is 39.6 Å². The molecule has 0 unspecified atom stereocenters. The van der Waals surface area contributed by atoms with E-state index in [9.17, 15) is 68.1 Å². The normalized spacial score (nSPS) is 14.9. The van der Waals surface area contributed by atoms with Crippen molar-refractivity contribution in [3.05, 3.63) is 144 Å². The number of aliphatic hydroxyl groups excluding tert-OH is 2. The van der Waals surface area contributed by atoms with Crippen LogP contribution in [0.5, 0.6) is 0 Å². The molecule has 4 aromatic carbocycles. The molecule has 0 radical (unpaired) electrons. The van der Waals surface area contributed by atoms with Crippen LogP contribution in [0.3, 0.4) is 0 Å². The summed E-state index contributed by atoms with van der Waals surface area (Å²) >= 11 is 3.95. The predicted octanol–water partition coefficient (Wildman–Crippen LogP) is -1.40. The zero-order chi connectivity index (χ0) is 64.5. The molecule has 1 aromatic heterocycles. The molecular formula is C61H78N12O14S. The largest absolute Gasteiger partial charge is 0.480 e. The molecule has 0 aliphatic heterocycles. The Bertz CT molecular complexity index is 3170. The quantitative estimate of drug-likeness (QED) is 0.0164. The molecule has 1 heterocycles. The zero-order valence-electron chi connectivity index (χ0n) is 48.9. The van der Waals surface area contributed by atoms with Gasteiger partial charge in [0.1, 0.15) is 54.4 Å². The van der Waals surface area contributed by atoms with Crippen LogP contribution in [0.4, 0.5) is 0 Å². The van der Waals surface area contributed by atoms with Gasteiger partial charge in [0.2, 0.25) is 59.1 Å². The molecule has 0 bridgehead atoms. The van der Waals surface area contributed by atoms with E-state index in [1.807, 2.05) is 0 Å². The molecule has 0 saturated carbocycles. The van der Waals surface area contributed by atoms with Gasteiger partial charge in [-0.15, -0.1) is 0 Å². The summed E-state index contributed by atoms with van der Waals surface area (Å²) in [4.78, 5) is 153. The Morgan fingerprint density at radius 1 is 0.477 bits per heavy atom. The number of benzene rings is 4. The zero-order valence-corrected chi connectivity index (χ0v) is 49.8. The minimum absolute atomic E-state index is 0.0854. The maximum atomic E-state index is 15.0. The van der Waals surface area contributed by atoms with Gasteiger partial charge in [-0.25, -0.2) is 4.79 Å². The lowest BCUT2D eigenvalue weighted by Crippen LogP contribution is -2.63. The summed E-state index contributed by atoms with van der Waals surface area (Å²) < 4.78 is 0. The first-order valence-corrected chi connectivity index (χ1v) is 29.2. The lowest BCUT2D eigenvalue weighted by atomic mass is 10.00. The maximum absolute atomic E-state index is 15.0. The third-order valence-corrected chi connectivity index (χ3v) is 14.4. The van der Waals surface area contributed by atoms with Crippen molar-refractivity contribution in [1.82, 2.24) is 52.8 Å². The van der Waals surface area contributed by atoms with E-state index in [1.165, 1.54) is 13.8 Å². The third-order valence-electron chi connectivity index (χ3n) is 14.1. The molecule has 10 amide bonds. The molecule has 26 nitrogen and oxygen atoms in total. The van der Waals surface area contributed by atoms with Gasteiger partial charge < -0.3 is 79.6 Å². The van der Waals surface area contributed by atoms with E-state index < -0.39 is 138 Å². The van der Waals surface area contributed by atoms with Crippen LogP contribution in [0, 0.1) is 0 Å². The number of nitrogens with two attached hydrogens (primary N) is 2. The third kappa shape index (κ3) is 22.0. The summed E-state index contributed by atoms with van der Waals surface area (Å²) in [7, 11) is 0. The first-order chi connectivity index (χ1) is 42.0. The number of carbonyl (C=O) groups is 11. The molecule has 472 valence electrons. The highest BCUT2D eigenvalue weighted by Gasteiger charge is 2.38. The van der Waals surface area contributed by atoms with Gasteiger partial charge >= 0.3 is 5.97 Å². The molecule has 88 heavy (non-hydrogen) atoms. The number of unbranched alkanes of at least 4 members (excludes halogenated alkanes) is 1. The number of hydrogen-bond donors (Lipinski definition) is 16. The summed E-state index contributed by atoms with van der Waals surface area (Å²) in [5.41, 5.74) is 14.2. The summed E-state index contributed by atoms with van der Waals surface area (Å²) in [5, 5.41) is 54.7. The van der Waals surface area contributed by atoms with E-state index in [1.54, 1.807) is 121 Å². The smallest absolute Gasteiger partial charge is 0.327 e. The molecule has 0 spiro atoms. The van der Waals surface area contributed by atoms with Crippen LogP contribution in [0.2, 0.25) is 0 Å². The van der Waals surface area contributed by atoms with Crippen molar-refractivity contribution < 1.29 is 68.1 Å². The number of carboxylic acids is 1. The Hall–Kier alpha value is -9.18. The molecule has 11 atom stereocenters. The van der Waals surface area contributed by atoms with Crippen molar-refractivity contribution in [2.75, 3.05) is 12.3 Å². The topological polar surface area (TPSA) is 425 Å². The van der Waals surface area contributed by atoms with Gasteiger partial charge in [0.15, 0.2) is 0 Å². The van der Waals surface area contributed by atoms with Crippen LogP contribution >= 0.6 is 12.6 Å². The number of thiol groups is 1. The monoisotopic (exact) mass is 1230 g/mol. The second kappa shape index (κ2) is 34.8. The number of aromatic nitrogens is 1. The number of para-hydroxylation sites is 1. The summed E-state index contributed by atoms with van der Waals surface area (Å²) in [6.07, 6.45) is -2.34. The Morgan fingerprint density at radius 3 is 1.26 bits per heavy atom. The number of amides is 10.